The number of benzene rings is 2. The molecule has 31 heavy (non-hydrogen) atoms. The molecule has 0 saturated carbocycles. The van der Waals surface area contributed by atoms with Crippen LogP contribution in [0.2, 0.25) is 10.0 Å². The first-order chi connectivity index (χ1) is 14.9. The van der Waals surface area contributed by atoms with Crippen molar-refractivity contribution in [3.05, 3.63) is 63.9 Å². The molecule has 2 amide bonds. The highest BCUT2D eigenvalue weighted by atomic mass is 35.5. The number of aryl methyl sites for hydroxylation is 1. The largest absolute Gasteiger partial charge is 0.326 e. The molecule has 0 aliphatic rings. The Balaban J connectivity index is 1.58. The van der Waals surface area contributed by atoms with Crippen LogP contribution in [0.3, 0.4) is 0 Å². The molecule has 3 rings (SSSR count). The van der Waals surface area contributed by atoms with Gasteiger partial charge < -0.3 is 15.2 Å². The summed E-state index contributed by atoms with van der Waals surface area (Å²) in [6, 6.07) is 12.2. The van der Waals surface area contributed by atoms with Gasteiger partial charge >= 0.3 is 0 Å². The lowest BCUT2D eigenvalue weighted by molar-refractivity contribution is -0.116. The van der Waals surface area contributed by atoms with Crippen LogP contribution in [-0.2, 0) is 22.6 Å². The Morgan fingerprint density at radius 2 is 1.71 bits per heavy atom. The molecule has 3 aromatic rings. The summed E-state index contributed by atoms with van der Waals surface area (Å²) in [5, 5.41) is 15.8. The summed E-state index contributed by atoms with van der Waals surface area (Å²) >= 11 is 13.1. The van der Waals surface area contributed by atoms with Crippen LogP contribution >= 0.6 is 35.0 Å². The molecule has 7 nitrogen and oxygen atoms in total. The van der Waals surface area contributed by atoms with Gasteiger partial charge in [0, 0.05) is 28.0 Å². The van der Waals surface area contributed by atoms with Crippen molar-refractivity contribution in [2.75, 3.05) is 16.4 Å². The second kappa shape index (κ2) is 10.7. The highest BCUT2D eigenvalue weighted by Crippen LogP contribution is 2.22. The fraction of sp³-hybridized carbons (Fsp3) is 0.238. The van der Waals surface area contributed by atoms with Crippen molar-refractivity contribution < 1.29 is 9.59 Å². The molecule has 1 aromatic heterocycles. The normalized spacial score (nSPS) is 10.7. The number of carbonyl (C=O) groups excluding carboxylic acids is 2. The van der Waals surface area contributed by atoms with Gasteiger partial charge in [-0.05, 0) is 61.9 Å². The van der Waals surface area contributed by atoms with E-state index < -0.39 is 0 Å². The lowest BCUT2D eigenvalue weighted by atomic mass is 10.2. The van der Waals surface area contributed by atoms with Crippen LogP contribution in [-0.4, -0.2) is 32.3 Å². The second-order valence-electron chi connectivity index (χ2n) is 6.67. The molecular weight excluding hydrogens is 457 g/mol. The van der Waals surface area contributed by atoms with Crippen molar-refractivity contribution in [2.45, 2.75) is 32.0 Å². The zero-order valence-corrected chi connectivity index (χ0v) is 19.3. The first kappa shape index (κ1) is 23.1. The van der Waals surface area contributed by atoms with Crippen LogP contribution in [0.15, 0.2) is 47.6 Å². The summed E-state index contributed by atoms with van der Waals surface area (Å²) in [6.45, 7) is 4.39. The highest BCUT2D eigenvalue weighted by Gasteiger charge is 2.16. The van der Waals surface area contributed by atoms with Gasteiger partial charge in [0.05, 0.1) is 12.2 Å². The summed E-state index contributed by atoms with van der Waals surface area (Å²) in [4.78, 5) is 24.7. The topological polar surface area (TPSA) is 88.9 Å². The Labute approximate surface area is 194 Å². The standard InChI is InChI=1S/C21H21Cl2N5O2S/c1-3-28-18(11-19(29)24-16-7-4-14(22)5-8-16)26-27-21(28)31-12-20(30)25-17-9-6-15(23)10-13(17)2/h4-10H,3,11-12H2,1-2H3,(H,24,29)(H,25,30). The molecule has 10 heteroatoms. The maximum atomic E-state index is 12.4. The average molecular weight is 478 g/mol. The Kier molecular flexibility index (Phi) is 7.95. The number of halogens is 2. The minimum atomic E-state index is -0.211. The smallest absolute Gasteiger partial charge is 0.234 e. The van der Waals surface area contributed by atoms with E-state index in [1.807, 2.05) is 18.4 Å². The van der Waals surface area contributed by atoms with Gasteiger partial charge in [0.15, 0.2) is 5.16 Å². The molecule has 0 radical (unpaired) electrons. The van der Waals surface area contributed by atoms with E-state index in [-0.39, 0.29) is 24.0 Å². The summed E-state index contributed by atoms with van der Waals surface area (Å²) in [6.07, 6.45) is 0.0696. The molecule has 0 aliphatic carbocycles. The third-order valence-electron chi connectivity index (χ3n) is 4.35. The number of anilines is 2. The molecule has 0 aliphatic heterocycles. The van der Waals surface area contributed by atoms with Gasteiger partial charge in [-0.25, -0.2) is 0 Å². The van der Waals surface area contributed by atoms with Gasteiger partial charge in [-0.3, -0.25) is 9.59 Å². The Morgan fingerprint density at radius 3 is 2.39 bits per heavy atom. The first-order valence-corrected chi connectivity index (χ1v) is 11.3. The van der Waals surface area contributed by atoms with Crippen LogP contribution in [0.5, 0.6) is 0 Å². The van der Waals surface area contributed by atoms with Crippen LogP contribution in [0.4, 0.5) is 11.4 Å². The van der Waals surface area contributed by atoms with Gasteiger partial charge in [-0.1, -0.05) is 35.0 Å². The Hall–Kier alpha value is -2.55. The van der Waals surface area contributed by atoms with E-state index in [0.717, 1.165) is 5.56 Å². The van der Waals surface area contributed by atoms with E-state index in [1.165, 1.54) is 11.8 Å². The Bertz CT molecular complexity index is 1090. The molecule has 0 fully saturated rings. The summed E-state index contributed by atoms with van der Waals surface area (Å²) in [5.41, 5.74) is 2.25. The molecule has 1 heterocycles. The van der Waals surface area contributed by atoms with Gasteiger partial charge in [0.25, 0.3) is 0 Å². The molecule has 0 saturated heterocycles. The number of amides is 2. The summed E-state index contributed by atoms with van der Waals surface area (Å²) < 4.78 is 1.83. The van der Waals surface area contributed by atoms with E-state index in [0.29, 0.717) is 38.9 Å². The summed E-state index contributed by atoms with van der Waals surface area (Å²) in [5.74, 6) is 0.322. The maximum absolute atomic E-state index is 12.4. The van der Waals surface area contributed by atoms with E-state index in [4.69, 9.17) is 23.2 Å². The minimum Gasteiger partial charge on any atom is -0.326 e. The third kappa shape index (κ3) is 6.46. The Morgan fingerprint density at radius 1 is 1.00 bits per heavy atom. The van der Waals surface area contributed by atoms with Gasteiger partial charge in [0.2, 0.25) is 11.8 Å². The SMILES string of the molecule is CCn1c(CC(=O)Nc2ccc(Cl)cc2)nnc1SCC(=O)Nc1ccc(Cl)cc1C. The molecule has 0 unspecified atom stereocenters. The average Bonchev–Trinajstić information content (AvgIpc) is 3.11. The van der Waals surface area contributed by atoms with Crippen molar-refractivity contribution in [1.82, 2.24) is 14.8 Å². The monoisotopic (exact) mass is 477 g/mol. The highest BCUT2D eigenvalue weighted by molar-refractivity contribution is 7.99. The number of rotatable bonds is 8. The van der Waals surface area contributed by atoms with E-state index in [2.05, 4.69) is 20.8 Å². The molecule has 2 aromatic carbocycles. The van der Waals surface area contributed by atoms with Crippen LogP contribution in [0.25, 0.3) is 0 Å². The zero-order valence-electron chi connectivity index (χ0n) is 17.0. The molecule has 0 spiro atoms. The number of hydrogen-bond donors (Lipinski definition) is 2. The predicted molar refractivity (Wildman–Crippen MR) is 125 cm³/mol. The molecule has 0 atom stereocenters. The lowest BCUT2D eigenvalue weighted by Crippen LogP contribution is -2.18. The molecule has 0 bridgehead atoms. The maximum Gasteiger partial charge on any atom is 0.234 e. The van der Waals surface area contributed by atoms with Crippen LogP contribution in [0, 0.1) is 6.92 Å². The van der Waals surface area contributed by atoms with Crippen LogP contribution in [0.1, 0.15) is 18.3 Å². The summed E-state index contributed by atoms with van der Waals surface area (Å²) in [7, 11) is 0. The second-order valence-corrected chi connectivity index (χ2v) is 8.49. The van der Waals surface area contributed by atoms with Crippen molar-refractivity contribution in [3.63, 3.8) is 0 Å². The van der Waals surface area contributed by atoms with Gasteiger partial charge in [0.1, 0.15) is 5.82 Å². The first-order valence-electron chi connectivity index (χ1n) is 9.52. The number of nitrogens with zero attached hydrogens (tertiary/aromatic N) is 3. The third-order valence-corrected chi connectivity index (χ3v) is 5.81. The number of thioether (sulfide) groups is 1. The van der Waals surface area contributed by atoms with Crippen molar-refractivity contribution >= 4 is 58.2 Å². The van der Waals surface area contributed by atoms with Crippen molar-refractivity contribution in [3.8, 4) is 0 Å². The van der Waals surface area contributed by atoms with E-state index in [1.54, 1.807) is 42.5 Å². The predicted octanol–water partition coefficient (Wildman–Crippen LogP) is 4.83. The van der Waals surface area contributed by atoms with Crippen LogP contribution < -0.4 is 10.6 Å². The fourth-order valence-electron chi connectivity index (χ4n) is 2.84. The molecule has 162 valence electrons. The van der Waals surface area contributed by atoms with Crippen molar-refractivity contribution in [2.24, 2.45) is 0 Å². The van der Waals surface area contributed by atoms with Crippen molar-refractivity contribution in [1.29, 1.82) is 0 Å². The quantitative estimate of drug-likeness (QED) is 0.453. The van der Waals surface area contributed by atoms with Gasteiger partial charge in [-0.2, -0.15) is 0 Å². The number of carbonyl (C=O) groups is 2. The van der Waals surface area contributed by atoms with E-state index in [9.17, 15) is 9.59 Å². The number of aromatic nitrogens is 3. The fourth-order valence-corrected chi connectivity index (χ4v) is 4.01. The lowest BCUT2D eigenvalue weighted by Gasteiger charge is -2.10. The molecule has 2 N–H and O–H groups in total. The number of nitrogens with one attached hydrogen (secondary N) is 2. The number of hydrogen-bond acceptors (Lipinski definition) is 5. The minimum absolute atomic E-state index is 0.0696. The zero-order chi connectivity index (χ0) is 22.4. The van der Waals surface area contributed by atoms with E-state index >= 15 is 0 Å². The van der Waals surface area contributed by atoms with Gasteiger partial charge in [-0.15, -0.1) is 10.2 Å². The molecular formula is C21H21Cl2N5O2S.